The molecule has 116 valence electrons. The second-order valence-corrected chi connectivity index (χ2v) is 5.72. The molecule has 1 fully saturated rings. The molecule has 1 unspecified atom stereocenters. The summed E-state index contributed by atoms with van der Waals surface area (Å²) in [4.78, 5) is 13.6. The summed E-state index contributed by atoms with van der Waals surface area (Å²) >= 11 is 0. The molecule has 4 nitrogen and oxygen atoms in total. The Balaban J connectivity index is 2.09. The van der Waals surface area contributed by atoms with Crippen molar-refractivity contribution in [1.82, 2.24) is 4.90 Å². The van der Waals surface area contributed by atoms with Gasteiger partial charge in [0.1, 0.15) is 0 Å². The molecular weight excluding hydrogens is 273 g/mol. The normalized spacial score (nSPS) is 23.0. The topological polar surface area (TPSA) is 49.8 Å². The summed E-state index contributed by atoms with van der Waals surface area (Å²) in [5.41, 5.74) is 0.175. The summed E-state index contributed by atoms with van der Waals surface area (Å²) in [6, 6.07) is 4.89. The third-order valence-corrected chi connectivity index (χ3v) is 4.41. The van der Waals surface area contributed by atoms with Gasteiger partial charge in [-0.1, -0.05) is 13.0 Å². The van der Waals surface area contributed by atoms with Crippen LogP contribution in [0, 0.1) is 11.2 Å². The summed E-state index contributed by atoms with van der Waals surface area (Å²) in [5.74, 6) is -0.881. The summed E-state index contributed by atoms with van der Waals surface area (Å²) in [6.07, 6.45) is 2.20. The number of hydrogen-bond donors (Lipinski definition) is 1. The number of hydrogen-bond acceptors (Lipinski definition) is 3. The van der Waals surface area contributed by atoms with Gasteiger partial charge < -0.3 is 9.84 Å². The van der Waals surface area contributed by atoms with E-state index in [1.54, 1.807) is 6.07 Å². The van der Waals surface area contributed by atoms with Crippen molar-refractivity contribution >= 4 is 5.97 Å². The lowest BCUT2D eigenvalue weighted by Crippen LogP contribution is -2.47. The fourth-order valence-electron chi connectivity index (χ4n) is 3.04. The summed E-state index contributed by atoms with van der Waals surface area (Å²) < 4.78 is 18.6. The number of carbonyl (C=O) groups is 1. The third kappa shape index (κ3) is 3.35. The van der Waals surface area contributed by atoms with E-state index in [0.29, 0.717) is 25.9 Å². The summed E-state index contributed by atoms with van der Waals surface area (Å²) in [7, 11) is 1.44. The van der Waals surface area contributed by atoms with E-state index in [9.17, 15) is 14.3 Å². The van der Waals surface area contributed by atoms with Gasteiger partial charge in [0, 0.05) is 13.1 Å². The number of piperidine rings is 1. The Morgan fingerprint density at radius 3 is 2.86 bits per heavy atom. The largest absolute Gasteiger partial charge is 0.494 e. The zero-order valence-electron chi connectivity index (χ0n) is 12.6. The molecule has 0 amide bonds. The van der Waals surface area contributed by atoms with Crippen LogP contribution < -0.4 is 4.74 Å². The zero-order chi connectivity index (χ0) is 15.5. The van der Waals surface area contributed by atoms with Gasteiger partial charge in [0.2, 0.25) is 0 Å². The first-order chi connectivity index (χ1) is 10.0. The van der Waals surface area contributed by atoms with Crippen molar-refractivity contribution in [3.05, 3.63) is 29.6 Å². The fourth-order valence-corrected chi connectivity index (χ4v) is 3.04. The van der Waals surface area contributed by atoms with E-state index in [1.807, 2.05) is 13.0 Å². The van der Waals surface area contributed by atoms with Gasteiger partial charge in [-0.15, -0.1) is 0 Å². The first-order valence-corrected chi connectivity index (χ1v) is 7.29. The van der Waals surface area contributed by atoms with Crippen molar-refractivity contribution in [2.45, 2.75) is 32.7 Å². The predicted octanol–water partition coefficient (Wildman–Crippen LogP) is 2.91. The minimum Gasteiger partial charge on any atom is -0.494 e. The number of benzene rings is 1. The van der Waals surface area contributed by atoms with Gasteiger partial charge in [-0.3, -0.25) is 9.69 Å². The molecule has 1 aromatic carbocycles. The van der Waals surface area contributed by atoms with Crippen LogP contribution >= 0.6 is 0 Å². The van der Waals surface area contributed by atoms with Crippen LogP contribution in [0.4, 0.5) is 4.39 Å². The Hall–Kier alpha value is -1.62. The predicted molar refractivity (Wildman–Crippen MR) is 77.8 cm³/mol. The van der Waals surface area contributed by atoms with Crippen LogP contribution in [-0.2, 0) is 11.3 Å². The second kappa shape index (κ2) is 6.43. The molecular formula is C16H22FNO3. The van der Waals surface area contributed by atoms with Crippen molar-refractivity contribution in [3.8, 4) is 5.75 Å². The SMILES string of the molecule is CCC1(C(=O)O)CCCN(Cc2ccc(OC)c(F)c2)C1. The summed E-state index contributed by atoms with van der Waals surface area (Å²) in [6.45, 7) is 3.86. The number of rotatable bonds is 5. The maximum Gasteiger partial charge on any atom is 0.310 e. The highest BCUT2D eigenvalue weighted by Gasteiger charge is 2.40. The maximum atomic E-state index is 13.7. The molecule has 0 spiro atoms. The zero-order valence-corrected chi connectivity index (χ0v) is 12.6. The Kier molecular flexibility index (Phi) is 4.83. The first-order valence-electron chi connectivity index (χ1n) is 7.29. The van der Waals surface area contributed by atoms with E-state index in [1.165, 1.54) is 13.2 Å². The van der Waals surface area contributed by atoms with Crippen LogP contribution in [0.25, 0.3) is 0 Å². The number of likely N-dealkylation sites (tertiary alicyclic amines) is 1. The lowest BCUT2D eigenvalue weighted by Gasteiger charge is -2.39. The molecule has 1 aromatic rings. The monoisotopic (exact) mass is 295 g/mol. The van der Waals surface area contributed by atoms with Gasteiger partial charge in [0.05, 0.1) is 12.5 Å². The Bertz CT molecular complexity index is 520. The van der Waals surface area contributed by atoms with Crippen molar-refractivity contribution in [2.24, 2.45) is 5.41 Å². The molecule has 1 N–H and O–H groups in total. The van der Waals surface area contributed by atoms with E-state index in [4.69, 9.17) is 4.74 Å². The molecule has 1 aliphatic rings. The summed E-state index contributed by atoms with van der Waals surface area (Å²) in [5, 5.41) is 9.48. The number of nitrogens with zero attached hydrogens (tertiary/aromatic N) is 1. The second-order valence-electron chi connectivity index (χ2n) is 5.72. The number of aliphatic carboxylic acids is 1. The molecule has 0 radical (unpaired) electrons. The minimum atomic E-state index is -0.726. The molecule has 1 heterocycles. The molecule has 0 bridgehead atoms. The van der Waals surface area contributed by atoms with E-state index in [2.05, 4.69) is 4.90 Å². The molecule has 2 rings (SSSR count). The number of methoxy groups -OCH3 is 1. The molecule has 1 saturated heterocycles. The van der Waals surface area contributed by atoms with Crippen LogP contribution in [0.2, 0.25) is 0 Å². The lowest BCUT2D eigenvalue weighted by atomic mass is 9.77. The van der Waals surface area contributed by atoms with Crippen molar-refractivity contribution < 1.29 is 19.0 Å². The molecule has 5 heteroatoms. The van der Waals surface area contributed by atoms with Crippen molar-refractivity contribution in [3.63, 3.8) is 0 Å². The molecule has 0 aromatic heterocycles. The Morgan fingerprint density at radius 1 is 1.52 bits per heavy atom. The molecule has 21 heavy (non-hydrogen) atoms. The van der Waals surface area contributed by atoms with Crippen LogP contribution in [0.1, 0.15) is 31.7 Å². The smallest absolute Gasteiger partial charge is 0.310 e. The highest BCUT2D eigenvalue weighted by atomic mass is 19.1. The van der Waals surface area contributed by atoms with Gasteiger partial charge in [-0.05, 0) is 43.5 Å². The van der Waals surface area contributed by atoms with E-state index < -0.39 is 11.4 Å². The van der Waals surface area contributed by atoms with Crippen molar-refractivity contribution in [1.29, 1.82) is 0 Å². The molecule has 0 saturated carbocycles. The van der Waals surface area contributed by atoms with Crippen molar-refractivity contribution in [2.75, 3.05) is 20.2 Å². The van der Waals surface area contributed by atoms with Crippen LogP contribution in [0.15, 0.2) is 18.2 Å². The van der Waals surface area contributed by atoms with Gasteiger partial charge in [0.25, 0.3) is 0 Å². The number of ether oxygens (including phenoxy) is 1. The average Bonchev–Trinajstić information content (AvgIpc) is 2.47. The average molecular weight is 295 g/mol. The lowest BCUT2D eigenvalue weighted by molar-refractivity contribution is -0.153. The van der Waals surface area contributed by atoms with Gasteiger partial charge >= 0.3 is 5.97 Å². The van der Waals surface area contributed by atoms with E-state index in [-0.39, 0.29) is 11.6 Å². The molecule has 1 atom stereocenters. The number of halogens is 1. The van der Waals surface area contributed by atoms with Gasteiger partial charge in [0.15, 0.2) is 11.6 Å². The number of carboxylic acid groups (broad SMARTS) is 1. The van der Waals surface area contributed by atoms with Crippen LogP contribution in [0.5, 0.6) is 5.75 Å². The van der Waals surface area contributed by atoms with Gasteiger partial charge in [-0.2, -0.15) is 0 Å². The van der Waals surface area contributed by atoms with Gasteiger partial charge in [-0.25, -0.2) is 4.39 Å². The Morgan fingerprint density at radius 2 is 2.29 bits per heavy atom. The molecule has 1 aliphatic heterocycles. The maximum absolute atomic E-state index is 13.7. The van der Waals surface area contributed by atoms with E-state index in [0.717, 1.165) is 18.5 Å². The van der Waals surface area contributed by atoms with E-state index >= 15 is 0 Å². The van der Waals surface area contributed by atoms with Crippen LogP contribution in [-0.4, -0.2) is 36.2 Å². The third-order valence-electron chi connectivity index (χ3n) is 4.41. The highest BCUT2D eigenvalue weighted by molar-refractivity contribution is 5.75. The highest BCUT2D eigenvalue weighted by Crippen LogP contribution is 2.34. The molecule has 0 aliphatic carbocycles. The Labute approximate surface area is 124 Å². The first kappa shape index (κ1) is 15.8. The van der Waals surface area contributed by atoms with Crippen LogP contribution in [0.3, 0.4) is 0 Å². The minimum absolute atomic E-state index is 0.228. The standard InChI is InChI=1S/C16H22FNO3/c1-3-16(15(19)20)7-4-8-18(11-16)10-12-5-6-14(21-2)13(17)9-12/h5-6,9H,3-4,7-8,10-11H2,1-2H3,(H,19,20). The quantitative estimate of drug-likeness (QED) is 0.907. The fraction of sp³-hybridized carbons (Fsp3) is 0.562. The number of carboxylic acids is 1.